The summed E-state index contributed by atoms with van der Waals surface area (Å²) in [5.41, 5.74) is 0.785. The minimum atomic E-state index is 0.353. The summed E-state index contributed by atoms with van der Waals surface area (Å²) in [4.78, 5) is 4.35. The molecule has 2 rings (SSSR count). The van der Waals surface area contributed by atoms with Gasteiger partial charge in [-0.15, -0.1) is 10.2 Å². The molecule has 0 saturated carbocycles. The molecule has 0 bridgehead atoms. The van der Waals surface area contributed by atoms with Gasteiger partial charge < -0.3 is 0 Å². The molecule has 86 valence electrons. The van der Waals surface area contributed by atoms with E-state index in [1.807, 2.05) is 0 Å². The molecule has 0 spiro atoms. The number of hydrogen-bond donors (Lipinski definition) is 1. The Morgan fingerprint density at radius 2 is 2.31 bits per heavy atom. The van der Waals surface area contributed by atoms with E-state index in [1.54, 1.807) is 0 Å². The molecule has 0 saturated heterocycles. The third-order valence-corrected chi connectivity index (χ3v) is 3.72. The molecule has 0 atom stereocenters. The molecule has 2 aromatic rings. The van der Waals surface area contributed by atoms with Crippen LogP contribution in [0.5, 0.6) is 0 Å². The van der Waals surface area contributed by atoms with Gasteiger partial charge in [-0.3, -0.25) is 5.10 Å². The third-order valence-electron chi connectivity index (χ3n) is 1.88. The normalized spacial score (nSPS) is 11.2. The van der Waals surface area contributed by atoms with Crippen LogP contribution < -0.4 is 0 Å². The Bertz CT molecular complexity index is 466. The fraction of sp³-hybridized carbons (Fsp3) is 0.500. The largest absolute Gasteiger partial charge is 0.262 e. The SMILES string of the molecule is CC(C)c1nc(SCc2nnsc2Cl)n[nH]1. The molecule has 0 fully saturated rings. The average Bonchev–Trinajstić information content (AvgIpc) is 2.83. The lowest BCUT2D eigenvalue weighted by molar-refractivity contribution is 0.780. The van der Waals surface area contributed by atoms with Gasteiger partial charge in [0.15, 0.2) is 0 Å². The number of hydrogen-bond acceptors (Lipinski definition) is 6. The van der Waals surface area contributed by atoms with E-state index in [4.69, 9.17) is 11.6 Å². The van der Waals surface area contributed by atoms with Gasteiger partial charge in [-0.25, -0.2) is 4.98 Å². The van der Waals surface area contributed by atoms with Crippen LogP contribution in [0.15, 0.2) is 5.16 Å². The van der Waals surface area contributed by atoms with Crippen molar-refractivity contribution in [2.24, 2.45) is 0 Å². The number of halogens is 1. The first kappa shape index (κ1) is 11.8. The van der Waals surface area contributed by atoms with Crippen molar-refractivity contribution in [1.82, 2.24) is 24.8 Å². The molecule has 0 aliphatic rings. The highest BCUT2D eigenvalue weighted by Gasteiger charge is 2.10. The van der Waals surface area contributed by atoms with E-state index >= 15 is 0 Å². The second-order valence-electron chi connectivity index (χ2n) is 3.44. The molecule has 2 aromatic heterocycles. The molecule has 0 aromatic carbocycles. The Balaban J connectivity index is 1.97. The number of nitrogens with one attached hydrogen (secondary N) is 1. The van der Waals surface area contributed by atoms with Crippen LogP contribution in [0.4, 0.5) is 0 Å². The molecule has 16 heavy (non-hydrogen) atoms. The minimum Gasteiger partial charge on any atom is -0.262 e. The molecule has 8 heteroatoms. The maximum atomic E-state index is 5.89. The highest BCUT2D eigenvalue weighted by Crippen LogP contribution is 2.25. The summed E-state index contributed by atoms with van der Waals surface area (Å²) in [6.45, 7) is 4.13. The Labute approximate surface area is 106 Å². The van der Waals surface area contributed by atoms with E-state index in [0.29, 0.717) is 21.2 Å². The lowest BCUT2D eigenvalue weighted by atomic mass is 10.2. The van der Waals surface area contributed by atoms with Gasteiger partial charge in [0.2, 0.25) is 5.16 Å². The van der Waals surface area contributed by atoms with Crippen LogP contribution in [0.25, 0.3) is 0 Å². The summed E-state index contributed by atoms with van der Waals surface area (Å²) in [6, 6.07) is 0. The Hall–Kier alpha value is -0.660. The second-order valence-corrected chi connectivity index (χ2v) is 5.74. The number of nitrogens with zero attached hydrogens (tertiary/aromatic N) is 4. The maximum absolute atomic E-state index is 5.89. The van der Waals surface area contributed by atoms with Crippen LogP contribution in [0.3, 0.4) is 0 Å². The standard InChI is InChI=1S/C8H10ClN5S2/c1-4(2)7-10-8(13-12-7)15-3-5-6(9)16-14-11-5/h4H,3H2,1-2H3,(H,10,12,13). The first-order valence-corrected chi connectivity index (χ1v) is 6.82. The van der Waals surface area contributed by atoms with Crippen LogP contribution in [0, 0.1) is 0 Å². The number of rotatable bonds is 4. The van der Waals surface area contributed by atoms with Crippen LogP contribution >= 0.6 is 34.9 Å². The molecule has 5 nitrogen and oxygen atoms in total. The fourth-order valence-corrected chi connectivity index (χ4v) is 2.54. The Morgan fingerprint density at radius 3 is 2.88 bits per heavy atom. The summed E-state index contributed by atoms with van der Waals surface area (Å²) in [5.74, 6) is 1.89. The monoisotopic (exact) mass is 275 g/mol. The van der Waals surface area contributed by atoms with E-state index in [-0.39, 0.29) is 0 Å². The zero-order valence-electron chi connectivity index (χ0n) is 8.77. The summed E-state index contributed by atoms with van der Waals surface area (Å²) < 4.78 is 4.40. The van der Waals surface area contributed by atoms with Gasteiger partial charge in [0, 0.05) is 23.2 Å². The first-order valence-electron chi connectivity index (χ1n) is 4.68. The van der Waals surface area contributed by atoms with Gasteiger partial charge in [0.25, 0.3) is 0 Å². The average molecular weight is 276 g/mol. The molecule has 1 N–H and O–H groups in total. The summed E-state index contributed by atoms with van der Waals surface area (Å²) >= 11 is 8.58. The molecular formula is C8H10ClN5S2. The topological polar surface area (TPSA) is 67.3 Å². The predicted molar refractivity (Wildman–Crippen MR) is 65.0 cm³/mol. The van der Waals surface area contributed by atoms with Crippen molar-refractivity contribution in [2.75, 3.05) is 0 Å². The predicted octanol–water partition coefficient (Wildman–Crippen LogP) is 2.73. The minimum absolute atomic E-state index is 0.353. The van der Waals surface area contributed by atoms with Crippen molar-refractivity contribution < 1.29 is 0 Å². The van der Waals surface area contributed by atoms with E-state index in [0.717, 1.165) is 11.5 Å². The number of aromatic nitrogens is 5. The maximum Gasteiger partial charge on any atom is 0.208 e. The zero-order chi connectivity index (χ0) is 11.5. The zero-order valence-corrected chi connectivity index (χ0v) is 11.2. The third kappa shape index (κ3) is 2.72. The van der Waals surface area contributed by atoms with Crippen molar-refractivity contribution in [3.8, 4) is 0 Å². The number of H-pyrrole nitrogens is 1. The Morgan fingerprint density at radius 1 is 1.50 bits per heavy atom. The van der Waals surface area contributed by atoms with Crippen molar-refractivity contribution >= 4 is 34.9 Å². The van der Waals surface area contributed by atoms with Crippen LogP contribution in [0.2, 0.25) is 4.34 Å². The highest BCUT2D eigenvalue weighted by atomic mass is 35.5. The molecule has 0 unspecified atom stereocenters. The Kier molecular flexibility index (Phi) is 3.78. The van der Waals surface area contributed by atoms with Gasteiger partial charge in [0.1, 0.15) is 15.9 Å². The van der Waals surface area contributed by atoms with E-state index in [9.17, 15) is 0 Å². The molecule has 0 radical (unpaired) electrons. The van der Waals surface area contributed by atoms with Gasteiger partial charge >= 0.3 is 0 Å². The van der Waals surface area contributed by atoms with Crippen molar-refractivity contribution in [3.63, 3.8) is 0 Å². The highest BCUT2D eigenvalue weighted by molar-refractivity contribution is 7.98. The van der Waals surface area contributed by atoms with E-state index in [2.05, 4.69) is 38.6 Å². The number of thioether (sulfide) groups is 1. The van der Waals surface area contributed by atoms with E-state index in [1.165, 1.54) is 23.3 Å². The second kappa shape index (κ2) is 5.11. The van der Waals surface area contributed by atoms with Crippen molar-refractivity contribution in [3.05, 3.63) is 15.9 Å². The summed E-state index contributed by atoms with van der Waals surface area (Å²) in [6.07, 6.45) is 0. The van der Waals surface area contributed by atoms with Crippen LogP contribution in [0.1, 0.15) is 31.3 Å². The van der Waals surface area contributed by atoms with E-state index < -0.39 is 0 Å². The first-order chi connectivity index (χ1) is 7.66. The molecular weight excluding hydrogens is 266 g/mol. The fourth-order valence-electron chi connectivity index (χ4n) is 0.997. The van der Waals surface area contributed by atoms with Gasteiger partial charge in [-0.05, 0) is 0 Å². The van der Waals surface area contributed by atoms with Crippen LogP contribution in [-0.4, -0.2) is 24.8 Å². The lowest BCUT2D eigenvalue weighted by Crippen LogP contribution is -1.89. The quantitative estimate of drug-likeness (QED) is 0.869. The molecule has 0 amide bonds. The van der Waals surface area contributed by atoms with Crippen molar-refractivity contribution in [1.29, 1.82) is 0 Å². The van der Waals surface area contributed by atoms with Crippen LogP contribution in [-0.2, 0) is 5.75 Å². The summed E-state index contributed by atoms with van der Waals surface area (Å²) in [5, 5.41) is 11.6. The van der Waals surface area contributed by atoms with Gasteiger partial charge in [-0.2, -0.15) is 0 Å². The summed E-state index contributed by atoms with van der Waals surface area (Å²) in [7, 11) is 0. The molecule has 2 heterocycles. The van der Waals surface area contributed by atoms with Gasteiger partial charge in [0.05, 0.1) is 0 Å². The van der Waals surface area contributed by atoms with Crippen molar-refractivity contribution in [2.45, 2.75) is 30.7 Å². The van der Waals surface area contributed by atoms with Gasteiger partial charge in [-0.1, -0.05) is 41.7 Å². The number of aromatic amines is 1. The molecule has 0 aliphatic heterocycles. The lowest BCUT2D eigenvalue weighted by Gasteiger charge is -1.95. The molecule has 0 aliphatic carbocycles. The smallest absolute Gasteiger partial charge is 0.208 e.